The first kappa shape index (κ1) is 13.0. The van der Waals surface area contributed by atoms with Crippen molar-refractivity contribution in [1.29, 1.82) is 0 Å². The molecule has 4 heteroatoms. The fraction of sp³-hybridized carbons (Fsp3) is 0.417. The molecule has 1 N–H and O–H groups in total. The van der Waals surface area contributed by atoms with E-state index in [2.05, 4.69) is 5.32 Å². The Labute approximate surface area is 99.6 Å². The van der Waals surface area contributed by atoms with Crippen molar-refractivity contribution in [2.24, 2.45) is 0 Å². The standard InChI is InChI=1S/C12H16FNOS/c1-2-7-14-12(15)9-16-8-10-3-5-11(13)6-4-10/h3-6H,2,7-9H2,1H3,(H,14,15). The molecule has 0 saturated carbocycles. The summed E-state index contributed by atoms with van der Waals surface area (Å²) in [5.74, 6) is 1.03. The van der Waals surface area contributed by atoms with Crippen molar-refractivity contribution in [3.8, 4) is 0 Å². The predicted molar refractivity (Wildman–Crippen MR) is 65.9 cm³/mol. The highest BCUT2D eigenvalue weighted by Gasteiger charge is 2.00. The molecule has 0 fully saturated rings. The normalized spacial score (nSPS) is 10.1. The smallest absolute Gasteiger partial charge is 0.230 e. The Balaban J connectivity index is 2.20. The summed E-state index contributed by atoms with van der Waals surface area (Å²) in [7, 11) is 0. The van der Waals surface area contributed by atoms with Gasteiger partial charge in [-0.3, -0.25) is 4.79 Å². The van der Waals surface area contributed by atoms with E-state index in [-0.39, 0.29) is 11.7 Å². The molecule has 1 aromatic rings. The van der Waals surface area contributed by atoms with E-state index < -0.39 is 0 Å². The highest BCUT2D eigenvalue weighted by molar-refractivity contribution is 7.99. The maximum Gasteiger partial charge on any atom is 0.230 e. The molecule has 16 heavy (non-hydrogen) atoms. The summed E-state index contributed by atoms with van der Waals surface area (Å²) < 4.78 is 12.6. The molecule has 0 spiro atoms. The predicted octanol–water partition coefficient (Wildman–Crippen LogP) is 2.59. The van der Waals surface area contributed by atoms with Gasteiger partial charge >= 0.3 is 0 Å². The van der Waals surface area contributed by atoms with Crippen LogP contribution in [0.3, 0.4) is 0 Å². The lowest BCUT2D eigenvalue weighted by Gasteiger charge is -2.03. The van der Waals surface area contributed by atoms with Crippen LogP contribution >= 0.6 is 11.8 Å². The van der Waals surface area contributed by atoms with E-state index in [4.69, 9.17) is 0 Å². The minimum absolute atomic E-state index is 0.0639. The van der Waals surface area contributed by atoms with Gasteiger partial charge in [0.25, 0.3) is 0 Å². The molecule has 88 valence electrons. The minimum atomic E-state index is -0.227. The number of halogens is 1. The van der Waals surface area contributed by atoms with E-state index >= 15 is 0 Å². The molecular weight excluding hydrogens is 225 g/mol. The molecule has 0 atom stereocenters. The summed E-state index contributed by atoms with van der Waals surface area (Å²) in [5, 5.41) is 2.81. The van der Waals surface area contributed by atoms with E-state index in [1.165, 1.54) is 23.9 Å². The van der Waals surface area contributed by atoms with Gasteiger partial charge in [-0.15, -0.1) is 11.8 Å². The molecule has 0 unspecified atom stereocenters. The molecule has 1 amide bonds. The van der Waals surface area contributed by atoms with Gasteiger partial charge in [-0.25, -0.2) is 4.39 Å². The quantitative estimate of drug-likeness (QED) is 0.829. The molecule has 0 radical (unpaired) electrons. The van der Waals surface area contributed by atoms with Crippen LogP contribution in [0.1, 0.15) is 18.9 Å². The van der Waals surface area contributed by atoms with Crippen LogP contribution in [-0.4, -0.2) is 18.2 Å². The molecule has 2 nitrogen and oxygen atoms in total. The van der Waals surface area contributed by atoms with Crippen LogP contribution in [0.2, 0.25) is 0 Å². The summed E-state index contributed by atoms with van der Waals surface area (Å²) in [5.41, 5.74) is 1.04. The first-order valence-electron chi connectivity index (χ1n) is 5.31. The Morgan fingerprint density at radius 2 is 2.06 bits per heavy atom. The second kappa shape index (κ2) is 7.28. The number of carbonyl (C=O) groups is 1. The van der Waals surface area contributed by atoms with Crippen molar-refractivity contribution in [1.82, 2.24) is 5.32 Å². The molecular formula is C12H16FNOS. The first-order valence-corrected chi connectivity index (χ1v) is 6.46. The van der Waals surface area contributed by atoms with Gasteiger partial charge in [-0.1, -0.05) is 19.1 Å². The van der Waals surface area contributed by atoms with Gasteiger partial charge in [0.15, 0.2) is 0 Å². The largest absolute Gasteiger partial charge is 0.355 e. The lowest BCUT2D eigenvalue weighted by Crippen LogP contribution is -2.25. The topological polar surface area (TPSA) is 29.1 Å². The van der Waals surface area contributed by atoms with Crippen LogP contribution in [0.4, 0.5) is 4.39 Å². The molecule has 0 heterocycles. The Hall–Kier alpha value is -1.03. The van der Waals surface area contributed by atoms with Crippen molar-refractivity contribution in [2.75, 3.05) is 12.3 Å². The van der Waals surface area contributed by atoms with Crippen molar-refractivity contribution in [3.05, 3.63) is 35.6 Å². The highest BCUT2D eigenvalue weighted by Crippen LogP contribution is 2.12. The maximum atomic E-state index is 12.6. The molecule has 0 saturated heterocycles. The van der Waals surface area contributed by atoms with E-state index in [1.807, 2.05) is 6.92 Å². The van der Waals surface area contributed by atoms with Crippen LogP contribution in [-0.2, 0) is 10.5 Å². The Morgan fingerprint density at radius 3 is 2.69 bits per heavy atom. The average molecular weight is 241 g/mol. The monoisotopic (exact) mass is 241 g/mol. The zero-order chi connectivity index (χ0) is 11.8. The number of amides is 1. The molecule has 0 aliphatic rings. The molecule has 1 rings (SSSR count). The van der Waals surface area contributed by atoms with Crippen molar-refractivity contribution in [3.63, 3.8) is 0 Å². The number of hydrogen-bond acceptors (Lipinski definition) is 2. The van der Waals surface area contributed by atoms with Crippen molar-refractivity contribution >= 4 is 17.7 Å². The Bertz CT molecular complexity index is 326. The van der Waals surface area contributed by atoms with E-state index in [0.717, 1.165) is 24.3 Å². The summed E-state index contributed by atoms with van der Waals surface area (Å²) in [4.78, 5) is 11.3. The third-order valence-corrected chi connectivity index (χ3v) is 2.99. The van der Waals surface area contributed by atoms with Crippen LogP contribution in [0.5, 0.6) is 0 Å². The van der Waals surface area contributed by atoms with Gasteiger partial charge < -0.3 is 5.32 Å². The van der Waals surface area contributed by atoms with Gasteiger partial charge in [0.2, 0.25) is 5.91 Å². The number of rotatable bonds is 6. The maximum absolute atomic E-state index is 12.6. The first-order chi connectivity index (χ1) is 7.72. The fourth-order valence-electron chi connectivity index (χ4n) is 1.16. The second-order valence-corrected chi connectivity index (χ2v) is 4.45. The van der Waals surface area contributed by atoms with Gasteiger partial charge in [-0.2, -0.15) is 0 Å². The van der Waals surface area contributed by atoms with Gasteiger partial charge in [0, 0.05) is 12.3 Å². The Morgan fingerprint density at radius 1 is 1.38 bits per heavy atom. The van der Waals surface area contributed by atoms with Gasteiger partial charge in [0.05, 0.1) is 5.75 Å². The van der Waals surface area contributed by atoms with Crippen LogP contribution in [0.15, 0.2) is 24.3 Å². The van der Waals surface area contributed by atoms with E-state index in [1.54, 1.807) is 12.1 Å². The third kappa shape index (κ3) is 5.16. The average Bonchev–Trinajstić information content (AvgIpc) is 2.29. The van der Waals surface area contributed by atoms with Gasteiger partial charge in [-0.05, 0) is 24.1 Å². The lowest BCUT2D eigenvalue weighted by molar-refractivity contribution is -0.118. The summed E-state index contributed by atoms with van der Waals surface area (Å²) in [6, 6.07) is 6.36. The number of hydrogen-bond donors (Lipinski definition) is 1. The number of nitrogens with one attached hydrogen (secondary N) is 1. The van der Waals surface area contributed by atoms with E-state index in [0.29, 0.717) is 5.75 Å². The highest BCUT2D eigenvalue weighted by atomic mass is 32.2. The number of carbonyl (C=O) groups excluding carboxylic acids is 1. The van der Waals surface area contributed by atoms with Crippen LogP contribution < -0.4 is 5.32 Å². The van der Waals surface area contributed by atoms with Crippen LogP contribution in [0.25, 0.3) is 0 Å². The SMILES string of the molecule is CCCNC(=O)CSCc1ccc(F)cc1. The fourth-order valence-corrected chi connectivity index (χ4v) is 1.98. The van der Waals surface area contributed by atoms with Gasteiger partial charge in [0.1, 0.15) is 5.82 Å². The van der Waals surface area contributed by atoms with E-state index in [9.17, 15) is 9.18 Å². The zero-order valence-corrected chi connectivity index (χ0v) is 10.1. The molecule has 0 aliphatic heterocycles. The third-order valence-electron chi connectivity index (χ3n) is 1.99. The summed E-state index contributed by atoms with van der Waals surface area (Å²) >= 11 is 1.54. The van der Waals surface area contributed by atoms with Crippen molar-refractivity contribution in [2.45, 2.75) is 19.1 Å². The Kier molecular flexibility index (Phi) is 5.93. The molecule has 1 aromatic carbocycles. The molecule has 0 aliphatic carbocycles. The molecule has 0 bridgehead atoms. The second-order valence-electron chi connectivity index (χ2n) is 3.47. The number of benzene rings is 1. The molecule has 0 aromatic heterocycles. The minimum Gasteiger partial charge on any atom is -0.355 e. The van der Waals surface area contributed by atoms with Crippen molar-refractivity contribution < 1.29 is 9.18 Å². The zero-order valence-electron chi connectivity index (χ0n) is 9.33. The lowest BCUT2D eigenvalue weighted by atomic mass is 10.2. The number of thioether (sulfide) groups is 1. The van der Waals surface area contributed by atoms with Crippen LogP contribution in [0, 0.1) is 5.82 Å². The summed E-state index contributed by atoms with van der Waals surface area (Å²) in [6.45, 7) is 2.75. The summed E-state index contributed by atoms with van der Waals surface area (Å²) in [6.07, 6.45) is 0.953.